The van der Waals surface area contributed by atoms with Gasteiger partial charge in [-0.05, 0) is 115 Å². The molecule has 2 aromatic rings. The maximum absolute atomic E-state index is 13.3. The van der Waals surface area contributed by atoms with Crippen molar-refractivity contribution in [2.24, 2.45) is 11.8 Å². The molecule has 2 fully saturated rings. The van der Waals surface area contributed by atoms with Crippen LogP contribution in [0.2, 0.25) is 0 Å². The van der Waals surface area contributed by atoms with Gasteiger partial charge >= 0.3 is 12.2 Å². The number of hydrogen-bond acceptors (Lipinski definition) is 5. The Balaban J connectivity index is 1.27. The minimum atomic E-state index is -0.570. The Labute approximate surface area is 289 Å². The lowest BCUT2D eigenvalue weighted by Gasteiger charge is -2.35. The van der Waals surface area contributed by atoms with Crippen molar-refractivity contribution in [3.8, 4) is 0 Å². The number of hydrogen-bond donors (Lipinski definition) is 0. The van der Waals surface area contributed by atoms with Crippen LogP contribution in [0.5, 0.6) is 0 Å². The van der Waals surface area contributed by atoms with Crippen LogP contribution in [0, 0.1) is 11.8 Å². The molecule has 0 atom stereocenters. The van der Waals surface area contributed by atoms with Crippen LogP contribution in [-0.2, 0) is 20.7 Å². The van der Waals surface area contributed by atoms with Crippen molar-refractivity contribution in [2.45, 2.75) is 123 Å². The molecular formula is C40H61N3O5. The van der Waals surface area contributed by atoms with E-state index in [1.165, 1.54) is 32.1 Å². The van der Waals surface area contributed by atoms with Gasteiger partial charge in [-0.25, -0.2) is 9.59 Å². The average Bonchev–Trinajstić information content (AvgIpc) is 3.03. The lowest BCUT2D eigenvalue weighted by molar-refractivity contribution is -0.131. The summed E-state index contributed by atoms with van der Waals surface area (Å²) in [5, 5.41) is 2.29. The number of nitrogens with zero attached hydrogens (tertiary/aromatic N) is 3. The van der Waals surface area contributed by atoms with Crippen LogP contribution >= 0.6 is 0 Å². The maximum Gasteiger partial charge on any atom is 0.410 e. The fourth-order valence-corrected chi connectivity index (χ4v) is 7.03. The first-order valence-electron chi connectivity index (χ1n) is 18.5. The Morgan fingerprint density at radius 3 is 1.77 bits per heavy atom. The first kappa shape index (κ1) is 37.5. The molecule has 3 amide bonds. The number of unbranched alkanes of at least 4 members (excludes halogenated alkanes) is 2. The zero-order valence-electron chi connectivity index (χ0n) is 30.6. The van der Waals surface area contributed by atoms with E-state index < -0.39 is 11.2 Å². The fourth-order valence-electron chi connectivity index (χ4n) is 7.03. The first-order chi connectivity index (χ1) is 22.8. The van der Waals surface area contributed by atoms with E-state index in [2.05, 4.69) is 24.3 Å². The Hall–Kier alpha value is -3.29. The number of benzene rings is 2. The summed E-state index contributed by atoms with van der Waals surface area (Å²) in [5.74, 6) is 1.03. The highest BCUT2D eigenvalue weighted by Gasteiger charge is 2.29. The van der Waals surface area contributed by atoms with Crippen LogP contribution < -0.4 is 0 Å². The normalized spacial score (nSPS) is 16.5. The molecular weight excluding hydrogens is 602 g/mol. The number of carbonyl (C=O) groups excluding carboxylic acids is 3. The van der Waals surface area contributed by atoms with Gasteiger partial charge in [-0.2, -0.15) is 0 Å². The van der Waals surface area contributed by atoms with Gasteiger partial charge in [-0.3, -0.25) is 4.79 Å². The summed E-state index contributed by atoms with van der Waals surface area (Å²) in [6.07, 6.45) is 10.4. The highest BCUT2D eigenvalue weighted by atomic mass is 16.6. The maximum atomic E-state index is 13.3. The minimum Gasteiger partial charge on any atom is -0.444 e. The quantitative estimate of drug-likeness (QED) is 0.212. The predicted molar refractivity (Wildman–Crippen MR) is 193 cm³/mol. The molecule has 1 saturated carbocycles. The number of ether oxygens (including phenoxy) is 2. The largest absolute Gasteiger partial charge is 0.444 e. The molecule has 0 aromatic heterocycles. The molecule has 0 spiro atoms. The molecule has 4 rings (SSSR count). The SMILES string of the molecule is CC(C)(C)OC(=O)N(CCCCCN(CC1CCN(C(=O)Cc2cccc3ccccc23)CC1)C(=O)OC(C)(C)C)CC1CCCCC1. The Morgan fingerprint density at radius 2 is 1.21 bits per heavy atom. The zero-order valence-corrected chi connectivity index (χ0v) is 30.6. The van der Waals surface area contributed by atoms with Crippen LogP contribution in [0.4, 0.5) is 9.59 Å². The lowest BCUT2D eigenvalue weighted by atomic mass is 9.89. The Kier molecular flexibility index (Phi) is 13.6. The van der Waals surface area contributed by atoms with E-state index in [1.54, 1.807) is 0 Å². The molecule has 266 valence electrons. The van der Waals surface area contributed by atoms with Gasteiger partial charge in [-0.1, -0.05) is 61.7 Å². The first-order valence-corrected chi connectivity index (χ1v) is 18.5. The molecule has 1 heterocycles. The summed E-state index contributed by atoms with van der Waals surface area (Å²) in [5.41, 5.74) is -0.0185. The molecule has 1 aliphatic carbocycles. The van der Waals surface area contributed by atoms with Gasteiger partial charge in [0.15, 0.2) is 0 Å². The average molecular weight is 664 g/mol. The summed E-state index contributed by atoms with van der Waals surface area (Å²) < 4.78 is 11.6. The highest BCUT2D eigenvalue weighted by Crippen LogP contribution is 2.26. The van der Waals surface area contributed by atoms with E-state index in [9.17, 15) is 14.4 Å². The van der Waals surface area contributed by atoms with Gasteiger partial charge in [0.1, 0.15) is 11.2 Å². The zero-order chi connectivity index (χ0) is 34.7. The second-order valence-electron chi connectivity index (χ2n) is 16.1. The fraction of sp³-hybridized carbons (Fsp3) is 0.675. The number of rotatable bonds is 12. The number of fused-ring (bicyclic) bond motifs is 1. The number of amides is 3. The molecule has 0 unspecified atom stereocenters. The van der Waals surface area contributed by atoms with E-state index in [0.29, 0.717) is 51.0 Å². The smallest absolute Gasteiger partial charge is 0.410 e. The van der Waals surface area contributed by atoms with Crippen LogP contribution in [0.1, 0.15) is 111 Å². The van der Waals surface area contributed by atoms with E-state index >= 15 is 0 Å². The molecule has 1 saturated heterocycles. The van der Waals surface area contributed by atoms with Crippen molar-refractivity contribution in [3.63, 3.8) is 0 Å². The van der Waals surface area contributed by atoms with Gasteiger partial charge in [0.2, 0.25) is 5.91 Å². The summed E-state index contributed by atoms with van der Waals surface area (Å²) in [6, 6.07) is 14.4. The molecule has 2 aromatic carbocycles. The number of carbonyl (C=O) groups is 3. The summed E-state index contributed by atoms with van der Waals surface area (Å²) in [7, 11) is 0. The molecule has 0 N–H and O–H groups in total. The molecule has 1 aliphatic heterocycles. The lowest BCUT2D eigenvalue weighted by Crippen LogP contribution is -2.45. The molecule has 0 bridgehead atoms. The van der Waals surface area contributed by atoms with Crippen molar-refractivity contribution in [2.75, 3.05) is 39.3 Å². The van der Waals surface area contributed by atoms with Crippen LogP contribution in [-0.4, -0.2) is 83.3 Å². The van der Waals surface area contributed by atoms with Crippen LogP contribution in [0.25, 0.3) is 10.8 Å². The second kappa shape index (κ2) is 17.4. The summed E-state index contributed by atoms with van der Waals surface area (Å²) in [6.45, 7) is 15.6. The number of piperidine rings is 1. The summed E-state index contributed by atoms with van der Waals surface area (Å²) in [4.78, 5) is 45.4. The van der Waals surface area contributed by atoms with Crippen LogP contribution in [0.3, 0.4) is 0 Å². The third-order valence-corrected chi connectivity index (χ3v) is 9.53. The molecule has 48 heavy (non-hydrogen) atoms. The van der Waals surface area contributed by atoms with E-state index in [4.69, 9.17) is 9.47 Å². The molecule has 2 aliphatic rings. The van der Waals surface area contributed by atoms with E-state index in [1.807, 2.05) is 74.4 Å². The van der Waals surface area contributed by atoms with Crippen molar-refractivity contribution in [3.05, 3.63) is 48.0 Å². The van der Waals surface area contributed by atoms with Crippen molar-refractivity contribution >= 4 is 28.9 Å². The Bertz CT molecular complexity index is 1330. The van der Waals surface area contributed by atoms with Gasteiger partial charge in [0, 0.05) is 39.3 Å². The number of likely N-dealkylation sites (tertiary alicyclic amines) is 1. The van der Waals surface area contributed by atoms with Crippen molar-refractivity contribution in [1.29, 1.82) is 0 Å². The third kappa shape index (κ3) is 12.3. The van der Waals surface area contributed by atoms with Gasteiger partial charge < -0.3 is 24.2 Å². The van der Waals surface area contributed by atoms with Gasteiger partial charge in [0.05, 0.1) is 6.42 Å². The van der Waals surface area contributed by atoms with Crippen molar-refractivity contribution < 1.29 is 23.9 Å². The highest BCUT2D eigenvalue weighted by molar-refractivity contribution is 5.90. The van der Waals surface area contributed by atoms with Crippen molar-refractivity contribution in [1.82, 2.24) is 14.7 Å². The predicted octanol–water partition coefficient (Wildman–Crippen LogP) is 8.85. The molecule has 0 radical (unpaired) electrons. The standard InChI is InChI=1S/C40H61N3O5/c1-39(2,3)47-37(45)42(29-31-16-9-7-10-17-31)24-13-8-14-25-43(38(46)48-40(4,5)6)30-32-22-26-41(27-23-32)36(44)28-34-20-15-19-33-18-11-12-21-35(33)34/h11-12,15,18-21,31-32H,7-10,13-14,16-17,22-30H2,1-6H3. The monoisotopic (exact) mass is 663 g/mol. The van der Waals surface area contributed by atoms with Gasteiger partial charge in [0.25, 0.3) is 0 Å². The third-order valence-electron chi connectivity index (χ3n) is 9.53. The molecule has 8 nitrogen and oxygen atoms in total. The topological polar surface area (TPSA) is 79.4 Å². The van der Waals surface area contributed by atoms with E-state index in [0.717, 1.165) is 55.0 Å². The van der Waals surface area contributed by atoms with E-state index in [-0.39, 0.29) is 18.1 Å². The van der Waals surface area contributed by atoms with Crippen LogP contribution in [0.15, 0.2) is 42.5 Å². The molecule has 8 heteroatoms. The second-order valence-corrected chi connectivity index (χ2v) is 16.1. The summed E-state index contributed by atoms with van der Waals surface area (Å²) >= 11 is 0. The Morgan fingerprint density at radius 1 is 0.688 bits per heavy atom. The minimum absolute atomic E-state index is 0.165. The van der Waals surface area contributed by atoms with Gasteiger partial charge in [-0.15, -0.1) is 0 Å².